The minimum atomic E-state index is -2.45. The zero-order valence-corrected chi connectivity index (χ0v) is 52.0. The Bertz CT molecular complexity index is 2720. The van der Waals surface area contributed by atoms with Gasteiger partial charge < -0.3 is 75.7 Å². The second kappa shape index (κ2) is 33.3. The topological polar surface area (TPSA) is 185 Å². The molecule has 7 rings (SSSR count). The van der Waals surface area contributed by atoms with E-state index in [1.807, 2.05) is 127 Å². The quantitative estimate of drug-likeness (QED) is 0.0133. The van der Waals surface area contributed by atoms with Crippen LogP contribution in [0.2, 0.25) is 39.3 Å². The molecule has 2 aliphatic heterocycles. The summed E-state index contributed by atoms with van der Waals surface area (Å²) in [6.45, 7) is 14.0. The smallest absolute Gasteiger partial charge is 0.338 e. The first-order valence-corrected chi connectivity index (χ1v) is 35.2. The highest BCUT2D eigenvalue weighted by Crippen LogP contribution is 2.43. The van der Waals surface area contributed by atoms with Crippen molar-refractivity contribution in [2.24, 2.45) is 0 Å². The number of hydrogen-bond acceptors (Lipinski definition) is 17. The number of rotatable bonds is 35. The molecule has 9 atom stereocenters. The predicted octanol–water partition coefficient (Wildman–Crippen LogP) is 10.3. The van der Waals surface area contributed by atoms with Gasteiger partial charge in [0.2, 0.25) is 12.2 Å². The molecule has 1 N–H and O–H groups in total. The first-order chi connectivity index (χ1) is 40.5. The molecule has 1 amide bonds. The molecule has 1 saturated heterocycles. The second-order valence-corrected chi connectivity index (χ2v) is 31.5. The number of esters is 1. The predicted molar refractivity (Wildman–Crippen MR) is 319 cm³/mol. The van der Waals surface area contributed by atoms with Crippen LogP contribution in [0, 0.1) is 0 Å². The number of carbonyl (C=O) groups excluding carboxylic acids is 2. The van der Waals surface area contributed by atoms with Crippen molar-refractivity contribution in [2.75, 3.05) is 54.6 Å². The van der Waals surface area contributed by atoms with Crippen LogP contribution in [0.25, 0.3) is 0 Å². The van der Waals surface area contributed by atoms with Gasteiger partial charge in [-0.3, -0.25) is 4.79 Å². The minimum absolute atomic E-state index is 0.134. The number of methoxy groups -OCH3 is 2. The van der Waals surface area contributed by atoms with Crippen LogP contribution in [-0.4, -0.2) is 138 Å². The molecule has 0 radical (unpaired) electrons. The van der Waals surface area contributed by atoms with Crippen molar-refractivity contribution in [3.8, 4) is 11.5 Å². The highest BCUT2D eigenvalue weighted by Gasteiger charge is 2.58. The maximum atomic E-state index is 15.3. The molecule has 18 nitrogen and oxygen atoms in total. The van der Waals surface area contributed by atoms with Gasteiger partial charge >= 0.3 is 5.97 Å². The lowest BCUT2D eigenvalue weighted by atomic mass is 9.78. The number of benzene rings is 5. The van der Waals surface area contributed by atoms with Crippen LogP contribution in [-0.2, 0) is 97.0 Å². The lowest BCUT2D eigenvalue weighted by molar-refractivity contribution is -0.272. The van der Waals surface area contributed by atoms with Gasteiger partial charge in [-0.1, -0.05) is 121 Å². The Balaban J connectivity index is 1.33. The summed E-state index contributed by atoms with van der Waals surface area (Å²) < 4.78 is 97.0. The zero-order valence-electron chi connectivity index (χ0n) is 50.0. The molecule has 0 spiro atoms. The molecule has 5 aromatic rings. The SMILES string of the molecule is COC(=O)[C@]1(CC2=C[C@H](Oc3ccc(OC)cc3)O[C@H](CO[Si](C)(C)C)[C@@H]2O[Si](C)(C)C)C[C@H](OCOCc2ccccc2)[C@@H](NC(C)=O)[C@H]([C@@H](OCOCc2ccccc2)[C@@H](COCOCc2ccccc2)OCOCc2ccccc2)O1. The molecule has 20 heteroatoms. The Morgan fingerprint density at radius 1 is 0.631 bits per heavy atom. The average molecular weight is 1200 g/mol. The fourth-order valence-electron chi connectivity index (χ4n) is 9.72. The van der Waals surface area contributed by atoms with Gasteiger partial charge in [0, 0.05) is 19.8 Å². The van der Waals surface area contributed by atoms with Gasteiger partial charge in [0.25, 0.3) is 0 Å². The standard InChI is InChI=1S/C64H85NO17Si2/c1-47(66)65-59-55(75-44-71-38-49-24-16-11-17-25-49)36-64(63(67)69-3,35-52-34-58(79-54-32-30-53(68-2)31-33-54)80-57(42-78-83(4,5)6)60(52)82-84(7,8)9)81-62(59)61(77-46-73-40-51-28-20-13-21-29-51)56(76-45-72-39-50-26-18-12-19-27-50)41-74-43-70-37-48-22-14-10-15-23-48/h10-34,55-62H,35-46H2,1-9H3,(H,65,66)/t55-,56+,57+,58+,59+,60+,61-,62+,64-/m0/s1. The normalized spacial score (nSPS) is 21.7. The Hall–Kier alpha value is -5.67. The lowest BCUT2D eigenvalue weighted by Gasteiger charge is -2.51. The highest BCUT2D eigenvalue weighted by atomic mass is 28.4. The summed E-state index contributed by atoms with van der Waals surface area (Å²) in [6, 6.07) is 44.9. The molecule has 0 aromatic heterocycles. The van der Waals surface area contributed by atoms with Crippen LogP contribution in [0.4, 0.5) is 0 Å². The maximum Gasteiger partial charge on any atom is 0.338 e. The van der Waals surface area contributed by atoms with E-state index in [4.69, 9.17) is 70.4 Å². The maximum absolute atomic E-state index is 15.3. The van der Waals surface area contributed by atoms with E-state index in [2.05, 4.69) is 44.6 Å². The van der Waals surface area contributed by atoms with E-state index in [1.54, 1.807) is 31.4 Å². The van der Waals surface area contributed by atoms with Gasteiger partial charge in [-0.2, -0.15) is 0 Å². The fourth-order valence-corrected chi connectivity index (χ4v) is 11.5. The summed E-state index contributed by atoms with van der Waals surface area (Å²) in [6.07, 6.45) is -5.48. The monoisotopic (exact) mass is 1200 g/mol. The van der Waals surface area contributed by atoms with E-state index in [9.17, 15) is 4.79 Å². The molecule has 456 valence electrons. The molecule has 1 fully saturated rings. The summed E-state index contributed by atoms with van der Waals surface area (Å²) in [5.74, 6) is 0.0104. The van der Waals surface area contributed by atoms with E-state index in [0.29, 0.717) is 17.1 Å². The van der Waals surface area contributed by atoms with Gasteiger partial charge in [0.1, 0.15) is 63.1 Å². The van der Waals surface area contributed by atoms with Crippen molar-refractivity contribution >= 4 is 28.5 Å². The fraction of sp³-hybridized carbons (Fsp3) is 0.469. The molecule has 0 bridgehead atoms. The van der Waals surface area contributed by atoms with E-state index in [0.717, 1.165) is 22.3 Å². The lowest BCUT2D eigenvalue weighted by Crippen LogP contribution is -2.68. The van der Waals surface area contributed by atoms with Gasteiger partial charge in [0.05, 0.1) is 72.1 Å². The van der Waals surface area contributed by atoms with Crippen molar-refractivity contribution in [3.63, 3.8) is 0 Å². The van der Waals surface area contributed by atoms with Crippen molar-refractivity contribution in [1.82, 2.24) is 5.32 Å². The largest absolute Gasteiger partial charge is 0.497 e. The molecular formula is C64H85NO17Si2. The van der Waals surface area contributed by atoms with Crippen LogP contribution < -0.4 is 14.8 Å². The number of nitrogens with one attached hydrogen (secondary N) is 1. The van der Waals surface area contributed by atoms with Gasteiger partial charge in [-0.25, -0.2) is 4.79 Å². The first-order valence-electron chi connectivity index (χ1n) is 28.4. The van der Waals surface area contributed by atoms with Crippen molar-refractivity contribution in [2.45, 2.75) is 140 Å². The Morgan fingerprint density at radius 3 is 1.64 bits per heavy atom. The van der Waals surface area contributed by atoms with Crippen molar-refractivity contribution in [1.29, 1.82) is 0 Å². The highest BCUT2D eigenvalue weighted by molar-refractivity contribution is 6.70. The summed E-state index contributed by atoms with van der Waals surface area (Å²) in [5, 5.41) is 3.13. The third-order valence-electron chi connectivity index (χ3n) is 13.6. The average Bonchev–Trinajstić information content (AvgIpc) is 2.04. The second-order valence-electron chi connectivity index (χ2n) is 22.5. The van der Waals surface area contributed by atoms with E-state index < -0.39 is 83.1 Å². The van der Waals surface area contributed by atoms with Crippen molar-refractivity contribution in [3.05, 3.63) is 179 Å². The molecule has 0 saturated carbocycles. The first kappa shape index (κ1) is 65.9. The Morgan fingerprint density at radius 2 is 1.14 bits per heavy atom. The third-order valence-corrected chi connectivity index (χ3v) is 15.6. The van der Waals surface area contributed by atoms with Crippen molar-refractivity contribution < 1.29 is 80.0 Å². The number of ether oxygens (including phenoxy) is 13. The third kappa shape index (κ3) is 21.7. The van der Waals surface area contributed by atoms with E-state index in [-0.39, 0.29) is 79.7 Å². The summed E-state index contributed by atoms with van der Waals surface area (Å²) in [4.78, 5) is 29.0. The van der Waals surface area contributed by atoms with Crippen LogP contribution in [0.15, 0.2) is 157 Å². The molecule has 0 unspecified atom stereocenters. The van der Waals surface area contributed by atoms with E-state index >= 15 is 4.79 Å². The van der Waals surface area contributed by atoms with Crippen LogP contribution >= 0.6 is 0 Å². The minimum Gasteiger partial charge on any atom is -0.497 e. The summed E-state index contributed by atoms with van der Waals surface area (Å²) in [7, 11) is -1.70. The molecule has 2 heterocycles. The molecule has 5 aromatic carbocycles. The van der Waals surface area contributed by atoms with Crippen LogP contribution in [0.3, 0.4) is 0 Å². The Kier molecular flexibility index (Phi) is 26.1. The molecule has 2 aliphatic rings. The molecule has 0 aliphatic carbocycles. The van der Waals surface area contributed by atoms with Crippen LogP contribution in [0.1, 0.15) is 42.0 Å². The number of hydrogen-bond donors (Lipinski definition) is 1. The summed E-state index contributed by atoms with van der Waals surface area (Å²) in [5.41, 5.74) is 2.42. The van der Waals surface area contributed by atoms with E-state index in [1.165, 1.54) is 14.0 Å². The van der Waals surface area contributed by atoms with Crippen LogP contribution in [0.5, 0.6) is 11.5 Å². The Labute approximate surface area is 497 Å². The molecular weight excluding hydrogens is 1110 g/mol. The molecule has 84 heavy (non-hydrogen) atoms. The van der Waals surface area contributed by atoms with Gasteiger partial charge in [-0.05, 0) is 97.5 Å². The zero-order chi connectivity index (χ0) is 59.8. The van der Waals surface area contributed by atoms with Gasteiger partial charge in [-0.15, -0.1) is 0 Å². The van der Waals surface area contributed by atoms with Gasteiger partial charge in [0.15, 0.2) is 22.2 Å². The number of amides is 1. The summed E-state index contributed by atoms with van der Waals surface area (Å²) >= 11 is 0. The number of carbonyl (C=O) groups is 2.